The second-order valence-electron chi connectivity index (χ2n) is 3.40. The Labute approximate surface area is 109 Å². The summed E-state index contributed by atoms with van der Waals surface area (Å²) in [4.78, 5) is 7.50. The summed E-state index contributed by atoms with van der Waals surface area (Å²) in [5, 5.41) is 10.9. The van der Waals surface area contributed by atoms with Gasteiger partial charge in [-0.25, -0.2) is 9.71 Å². The van der Waals surface area contributed by atoms with E-state index < -0.39 is 5.82 Å². The molecular weight excluding hydrogens is 247 g/mol. The predicted octanol–water partition coefficient (Wildman–Crippen LogP) is 2.36. The van der Waals surface area contributed by atoms with E-state index in [1.807, 2.05) is 6.07 Å². The van der Waals surface area contributed by atoms with Gasteiger partial charge in [0.25, 0.3) is 0 Å². The number of aliphatic imine (C=N–C) groups is 1. The third kappa shape index (κ3) is 3.51. The second kappa shape index (κ2) is 6.12. The van der Waals surface area contributed by atoms with E-state index >= 15 is 0 Å². The van der Waals surface area contributed by atoms with E-state index in [0.29, 0.717) is 5.75 Å². The standard InChI is InChI=1S/C13H9FN4O/c14-11-8-16-7-6-12(11)18-13(17-9-15)19-10-4-2-1-3-5-10/h1-8H,(H,16,17,18). The van der Waals surface area contributed by atoms with Crippen molar-refractivity contribution in [3.8, 4) is 11.9 Å². The number of nitrogens with one attached hydrogen (secondary N) is 1. The number of nitriles is 1. The lowest BCUT2D eigenvalue weighted by molar-refractivity contribution is 0.530. The highest BCUT2D eigenvalue weighted by molar-refractivity contribution is 5.80. The molecule has 1 aromatic carbocycles. The van der Waals surface area contributed by atoms with Crippen LogP contribution >= 0.6 is 0 Å². The Morgan fingerprint density at radius 2 is 2.11 bits per heavy atom. The summed E-state index contributed by atoms with van der Waals surface area (Å²) >= 11 is 0. The van der Waals surface area contributed by atoms with Gasteiger partial charge in [0, 0.05) is 6.20 Å². The summed E-state index contributed by atoms with van der Waals surface area (Å²) in [7, 11) is 0. The van der Waals surface area contributed by atoms with Crippen LogP contribution in [0.4, 0.5) is 10.1 Å². The topological polar surface area (TPSA) is 70.3 Å². The van der Waals surface area contributed by atoms with Crippen LogP contribution in [0.5, 0.6) is 5.75 Å². The number of aromatic nitrogens is 1. The van der Waals surface area contributed by atoms with Crippen LogP contribution in [0, 0.1) is 17.3 Å². The molecule has 0 aliphatic carbocycles. The van der Waals surface area contributed by atoms with Gasteiger partial charge in [-0.1, -0.05) is 18.2 Å². The first kappa shape index (κ1) is 12.5. The fourth-order valence-electron chi connectivity index (χ4n) is 1.29. The summed E-state index contributed by atoms with van der Waals surface area (Å²) in [5.74, 6) is -0.116. The van der Waals surface area contributed by atoms with E-state index in [1.54, 1.807) is 30.5 Å². The van der Waals surface area contributed by atoms with Crippen LogP contribution in [0.2, 0.25) is 0 Å². The van der Waals surface area contributed by atoms with Gasteiger partial charge < -0.3 is 4.74 Å². The second-order valence-corrected chi connectivity index (χ2v) is 3.40. The molecule has 0 saturated carbocycles. The third-order valence-corrected chi connectivity index (χ3v) is 2.09. The summed E-state index contributed by atoms with van der Waals surface area (Å²) < 4.78 is 18.7. The van der Waals surface area contributed by atoms with Crippen molar-refractivity contribution in [3.05, 3.63) is 54.6 Å². The van der Waals surface area contributed by atoms with Gasteiger partial charge in [-0.05, 0) is 18.2 Å². The van der Waals surface area contributed by atoms with E-state index in [-0.39, 0.29) is 11.7 Å². The van der Waals surface area contributed by atoms with Gasteiger partial charge in [0.2, 0.25) is 0 Å². The number of pyridine rings is 1. The number of hydrogen-bond donors (Lipinski definition) is 1. The number of nitrogens with zero attached hydrogens (tertiary/aromatic N) is 3. The average Bonchev–Trinajstić information content (AvgIpc) is 2.43. The minimum atomic E-state index is -0.601. The van der Waals surface area contributed by atoms with Crippen molar-refractivity contribution in [3.63, 3.8) is 0 Å². The first-order valence-electron chi connectivity index (χ1n) is 5.36. The number of benzene rings is 1. The number of rotatable bonds is 2. The summed E-state index contributed by atoms with van der Waals surface area (Å²) in [5.41, 5.74) is 0.0312. The molecule has 2 aromatic rings. The van der Waals surface area contributed by atoms with Crippen molar-refractivity contribution in [2.24, 2.45) is 4.99 Å². The highest BCUT2D eigenvalue weighted by Gasteiger charge is 2.05. The van der Waals surface area contributed by atoms with Crippen LogP contribution in [0.25, 0.3) is 0 Å². The number of hydrogen-bond acceptors (Lipinski definition) is 4. The lowest BCUT2D eigenvalue weighted by atomic mass is 10.3. The summed E-state index contributed by atoms with van der Waals surface area (Å²) in [6, 6.07) is 10.0. The Morgan fingerprint density at radius 3 is 2.79 bits per heavy atom. The van der Waals surface area contributed by atoms with Gasteiger partial charge in [-0.3, -0.25) is 4.98 Å². The zero-order chi connectivity index (χ0) is 13.5. The molecule has 1 N–H and O–H groups in total. The number of ether oxygens (including phenoxy) is 1. The molecule has 0 saturated heterocycles. The SMILES string of the molecule is N#CNC(=Nc1ccncc1F)Oc1ccccc1. The summed E-state index contributed by atoms with van der Waals surface area (Å²) in [6.45, 7) is 0. The average molecular weight is 256 g/mol. The molecule has 0 atom stereocenters. The van der Waals surface area contributed by atoms with Crippen LogP contribution in [-0.4, -0.2) is 11.0 Å². The molecule has 0 spiro atoms. The first-order chi connectivity index (χ1) is 9.29. The van der Waals surface area contributed by atoms with Crippen molar-refractivity contribution in [2.75, 3.05) is 0 Å². The quantitative estimate of drug-likeness (QED) is 0.387. The van der Waals surface area contributed by atoms with Crippen LogP contribution in [0.1, 0.15) is 0 Å². The van der Waals surface area contributed by atoms with E-state index in [4.69, 9.17) is 10.00 Å². The lowest BCUT2D eigenvalue weighted by Crippen LogP contribution is -2.24. The van der Waals surface area contributed by atoms with E-state index in [1.165, 1.54) is 12.3 Å². The van der Waals surface area contributed by atoms with Crippen molar-refractivity contribution < 1.29 is 9.13 Å². The van der Waals surface area contributed by atoms with Gasteiger partial charge in [0.1, 0.15) is 11.4 Å². The maximum absolute atomic E-state index is 13.4. The first-order valence-corrected chi connectivity index (χ1v) is 5.36. The van der Waals surface area contributed by atoms with Gasteiger partial charge in [-0.2, -0.15) is 10.3 Å². The van der Waals surface area contributed by atoms with Crippen molar-refractivity contribution in [1.29, 1.82) is 5.26 Å². The van der Waals surface area contributed by atoms with Crippen LogP contribution in [0.15, 0.2) is 53.8 Å². The van der Waals surface area contributed by atoms with Crippen LogP contribution in [-0.2, 0) is 0 Å². The Kier molecular flexibility index (Phi) is 4.03. The van der Waals surface area contributed by atoms with Crippen molar-refractivity contribution in [1.82, 2.24) is 10.3 Å². The maximum Gasteiger partial charge on any atom is 0.309 e. The molecule has 2 rings (SSSR count). The largest absolute Gasteiger partial charge is 0.425 e. The predicted molar refractivity (Wildman–Crippen MR) is 67.1 cm³/mol. The molecule has 5 nitrogen and oxygen atoms in total. The highest BCUT2D eigenvalue weighted by atomic mass is 19.1. The zero-order valence-corrected chi connectivity index (χ0v) is 9.75. The fraction of sp³-hybridized carbons (Fsp3) is 0. The molecule has 0 unspecified atom stereocenters. The Bertz CT molecular complexity index is 622. The smallest absolute Gasteiger partial charge is 0.309 e. The molecular formula is C13H9FN4O. The summed E-state index contributed by atoms with van der Waals surface area (Å²) in [6.07, 6.45) is 4.11. The molecule has 94 valence electrons. The maximum atomic E-state index is 13.4. The molecule has 0 radical (unpaired) electrons. The Morgan fingerprint density at radius 1 is 1.32 bits per heavy atom. The van der Waals surface area contributed by atoms with Crippen LogP contribution < -0.4 is 10.1 Å². The zero-order valence-electron chi connectivity index (χ0n) is 9.75. The van der Waals surface area contributed by atoms with E-state index in [9.17, 15) is 4.39 Å². The van der Waals surface area contributed by atoms with Gasteiger partial charge >= 0.3 is 6.02 Å². The van der Waals surface area contributed by atoms with Gasteiger partial charge in [0.15, 0.2) is 12.0 Å². The van der Waals surface area contributed by atoms with Gasteiger partial charge in [0.05, 0.1) is 6.20 Å². The van der Waals surface area contributed by atoms with Crippen molar-refractivity contribution >= 4 is 11.7 Å². The van der Waals surface area contributed by atoms with E-state index in [0.717, 1.165) is 6.20 Å². The Hall–Kier alpha value is -2.94. The minimum Gasteiger partial charge on any atom is -0.425 e. The fourth-order valence-corrected chi connectivity index (χ4v) is 1.29. The molecule has 1 aromatic heterocycles. The van der Waals surface area contributed by atoms with Crippen molar-refractivity contribution in [2.45, 2.75) is 0 Å². The molecule has 0 fully saturated rings. The monoisotopic (exact) mass is 256 g/mol. The third-order valence-electron chi connectivity index (χ3n) is 2.09. The number of amidine groups is 1. The molecule has 6 heteroatoms. The molecule has 0 aliphatic heterocycles. The number of halogens is 1. The lowest BCUT2D eigenvalue weighted by Gasteiger charge is -2.06. The molecule has 19 heavy (non-hydrogen) atoms. The Balaban J connectivity index is 2.26. The van der Waals surface area contributed by atoms with E-state index in [2.05, 4.69) is 15.3 Å². The normalized spacial score (nSPS) is 10.6. The highest BCUT2D eigenvalue weighted by Crippen LogP contribution is 2.16. The molecule has 0 amide bonds. The van der Waals surface area contributed by atoms with Crippen LogP contribution in [0.3, 0.4) is 0 Å². The molecule has 1 heterocycles. The van der Waals surface area contributed by atoms with Gasteiger partial charge in [-0.15, -0.1) is 0 Å². The number of para-hydroxylation sites is 1. The molecule has 0 aliphatic rings. The molecule has 0 bridgehead atoms. The minimum absolute atomic E-state index is 0.0312.